The number of nitrogens with one attached hydrogen (secondary N) is 1. The third-order valence-corrected chi connectivity index (χ3v) is 4.87. The van der Waals surface area contributed by atoms with Crippen molar-refractivity contribution in [2.45, 2.75) is 38.8 Å². The minimum Gasteiger partial charge on any atom is -0.493 e. The molecule has 0 atom stereocenters. The van der Waals surface area contributed by atoms with Crippen LogP contribution in [0.4, 0.5) is 0 Å². The maximum absolute atomic E-state index is 12.8. The number of hydrogen-bond acceptors (Lipinski definition) is 3. The van der Waals surface area contributed by atoms with Crippen LogP contribution in [0, 0.1) is 0 Å². The van der Waals surface area contributed by atoms with Gasteiger partial charge in [0.25, 0.3) is 0 Å². The van der Waals surface area contributed by atoms with Gasteiger partial charge in [0.1, 0.15) is 0 Å². The smallest absolute Gasteiger partial charge is 0.221 e. The minimum absolute atomic E-state index is 0.00850. The summed E-state index contributed by atoms with van der Waals surface area (Å²) in [5.74, 6) is 1.40. The first-order valence-electron chi connectivity index (χ1n) is 10.3. The van der Waals surface area contributed by atoms with Crippen LogP contribution in [-0.2, 0) is 11.3 Å². The van der Waals surface area contributed by atoms with E-state index < -0.39 is 0 Å². The zero-order valence-electron chi connectivity index (χ0n) is 17.8. The molecule has 4 nitrogen and oxygen atoms in total. The number of amides is 1. The summed E-state index contributed by atoms with van der Waals surface area (Å²) < 4.78 is 11.2. The number of ether oxygens (including phenoxy) is 2. The summed E-state index contributed by atoms with van der Waals surface area (Å²) in [5.41, 5.74) is 3.23. The maximum Gasteiger partial charge on any atom is 0.221 e. The number of rotatable bonds is 9. The van der Waals surface area contributed by atoms with Crippen LogP contribution in [0.2, 0.25) is 0 Å². The monoisotopic (exact) mass is 403 g/mol. The highest BCUT2D eigenvalue weighted by Gasteiger charge is 2.18. The highest BCUT2D eigenvalue weighted by atomic mass is 16.5. The number of carbonyl (C=O) groups excluding carboxylic acids is 1. The Morgan fingerprint density at radius 2 is 1.47 bits per heavy atom. The topological polar surface area (TPSA) is 47.6 Å². The fourth-order valence-corrected chi connectivity index (χ4v) is 3.43. The molecule has 0 fully saturated rings. The van der Waals surface area contributed by atoms with E-state index in [9.17, 15) is 4.79 Å². The summed E-state index contributed by atoms with van der Waals surface area (Å²) >= 11 is 0. The van der Waals surface area contributed by atoms with Gasteiger partial charge in [-0.15, -0.1) is 0 Å². The van der Waals surface area contributed by atoms with Crippen LogP contribution in [0.1, 0.15) is 42.9 Å². The van der Waals surface area contributed by atoms with Gasteiger partial charge in [-0.2, -0.15) is 0 Å². The molecule has 1 amide bonds. The average molecular weight is 404 g/mol. The van der Waals surface area contributed by atoms with Crippen molar-refractivity contribution in [1.82, 2.24) is 5.32 Å². The first kappa shape index (κ1) is 21.4. The van der Waals surface area contributed by atoms with E-state index >= 15 is 0 Å². The van der Waals surface area contributed by atoms with E-state index in [1.54, 1.807) is 7.11 Å². The van der Waals surface area contributed by atoms with Crippen molar-refractivity contribution in [3.8, 4) is 11.5 Å². The molecule has 0 saturated heterocycles. The van der Waals surface area contributed by atoms with Gasteiger partial charge >= 0.3 is 0 Å². The average Bonchev–Trinajstić information content (AvgIpc) is 2.77. The second-order valence-electron chi connectivity index (χ2n) is 7.51. The Morgan fingerprint density at radius 1 is 0.867 bits per heavy atom. The van der Waals surface area contributed by atoms with Gasteiger partial charge in [0, 0.05) is 18.9 Å². The molecule has 0 spiro atoms. The molecule has 30 heavy (non-hydrogen) atoms. The van der Waals surface area contributed by atoms with E-state index in [1.807, 2.05) is 68.4 Å². The quantitative estimate of drug-likeness (QED) is 0.526. The van der Waals surface area contributed by atoms with Crippen LogP contribution in [0.15, 0.2) is 78.9 Å². The Hall–Kier alpha value is -3.27. The Labute approximate surface area is 178 Å². The molecule has 0 aliphatic carbocycles. The van der Waals surface area contributed by atoms with Crippen LogP contribution in [0.3, 0.4) is 0 Å². The fraction of sp³-hybridized carbons (Fsp3) is 0.269. The fourth-order valence-electron chi connectivity index (χ4n) is 3.43. The second kappa shape index (κ2) is 10.5. The van der Waals surface area contributed by atoms with Gasteiger partial charge in [0.05, 0.1) is 13.2 Å². The van der Waals surface area contributed by atoms with Gasteiger partial charge < -0.3 is 14.8 Å². The molecule has 3 rings (SSSR count). The van der Waals surface area contributed by atoms with Gasteiger partial charge in [-0.25, -0.2) is 0 Å². The van der Waals surface area contributed by atoms with Gasteiger partial charge in [-0.1, -0.05) is 66.7 Å². The number of carbonyl (C=O) groups is 1. The second-order valence-corrected chi connectivity index (χ2v) is 7.51. The SMILES string of the molecule is COc1cc(CNC(=O)CC(c2ccccc2)c2ccccc2)ccc1OC(C)C. The summed E-state index contributed by atoms with van der Waals surface area (Å²) in [4.78, 5) is 12.8. The molecule has 0 unspecified atom stereocenters. The van der Waals surface area contributed by atoms with Crippen molar-refractivity contribution in [2.75, 3.05) is 7.11 Å². The molecule has 0 heterocycles. The Balaban J connectivity index is 1.68. The summed E-state index contributed by atoms with van der Waals surface area (Å²) in [7, 11) is 1.62. The molecule has 0 aliphatic heterocycles. The number of hydrogen-bond donors (Lipinski definition) is 1. The lowest BCUT2D eigenvalue weighted by molar-refractivity contribution is -0.121. The Morgan fingerprint density at radius 3 is 2.00 bits per heavy atom. The largest absolute Gasteiger partial charge is 0.493 e. The third kappa shape index (κ3) is 5.86. The van der Waals surface area contributed by atoms with E-state index in [4.69, 9.17) is 9.47 Å². The summed E-state index contributed by atoms with van der Waals surface area (Å²) in [6.45, 7) is 4.39. The van der Waals surface area contributed by atoms with Gasteiger partial charge in [0.2, 0.25) is 5.91 Å². The third-order valence-electron chi connectivity index (χ3n) is 4.87. The van der Waals surface area contributed by atoms with Crippen molar-refractivity contribution < 1.29 is 14.3 Å². The van der Waals surface area contributed by atoms with Crippen LogP contribution in [0.25, 0.3) is 0 Å². The normalized spacial score (nSPS) is 10.8. The molecule has 0 bridgehead atoms. The Bertz CT molecular complexity index is 900. The first-order valence-corrected chi connectivity index (χ1v) is 10.3. The molecule has 4 heteroatoms. The summed E-state index contributed by atoms with van der Waals surface area (Å²) in [6.07, 6.45) is 0.456. The highest BCUT2D eigenvalue weighted by molar-refractivity contribution is 5.77. The van der Waals surface area contributed by atoms with Gasteiger partial charge in [-0.3, -0.25) is 4.79 Å². The van der Waals surface area contributed by atoms with E-state index in [1.165, 1.54) is 0 Å². The summed E-state index contributed by atoms with van der Waals surface area (Å²) in [6, 6.07) is 26.1. The van der Waals surface area contributed by atoms with Crippen LogP contribution >= 0.6 is 0 Å². The zero-order valence-corrected chi connectivity index (χ0v) is 17.8. The van der Waals surface area contributed by atoms with E-state index in [2.05, 4.69) is 29.6 Å². The molecule has 1 N–H and O–H groups in total. The van der Waals surface area contributed by atoms with Gasteiger partial charge in [0.15, 0.2) is 11.5 Å². The van der Waals surface area contributed by atoms with Crippen molar-refractivity contribution in [1.29, 1.82) is 0 Å². The molecular formula is C26H29NO3. The standard InChI is InChI=1S/C26H29NO3/c1-19(2)30-24-15-14-20(16-25(24)29-3)18-27-26(28)17-23(21-10-6-4-7-11-21)22-12-8-5-9-13-22/h4-16,19,23H,17-18H2,1-3H3,(H,27,28). The molecule has 0 aromatic heterocycles. The minimum atomic E-state index is 0.00850. The van der Waals surface area contributed by atoms with Crippen LogP contribution in [-0.4, -0.2) is 19.1 Å². The molecule has 3 aromatic rings. The van der Waals surface area contributed by atoms with Crippen LogP contribution in [0.5, 0.6) is 11.5 Å². The van der Waals surface area contributed by atoms with Crippen molar-refractivity contribution >= 4 is 5.91 Å². The van der Waals surface area contributed by atoms with Gasteiger partial charge in [-0.05, 0) is 42.7 Å². The predicted octanol–water partition coefficient (Wildman–Crippen LogP) is 5.32. The molecule has 3 aromatic carbocycles. The lowest BCUT2D eigenvalue weighted by Crippen LogP contribution is -2.25. The lowest BCUT2D eigenvalue weighted by Gasteiger charge is -2.18. The molecule has 156 valence electrons. The van der Waals surface area contributed by atoms with E-state index in [-0.39, 0.29) is 17.9 Å². The number of methoxy groups -OCH3 is 1. The highest BCUT2D eigenvalue weighted by Crippen LogP contribution is 2.30. The van der Waals surface area contributed by atoms with Crippen molar-refractivity contribution in [3.05, 3.63) is 95.6 Å². The van der Waals surface area contributed by atoms with Crippen molar-refractivity contribution in [3.63, 3.8) is 0 Å². The van der Waals surface area contributed by atoms with E-state index in [0.717, 1.165) is 16.7 Å². The maximum atomic E-state index is 12.8. The predicted molar refractivity (Wildman–Crippen MR) is 120 cm³/mol. The van der Waals surface area contributed by atoms with Crippen LogP contribution < -0.4 is 14.8 Å². The molecule has 0 radical (unpaired) electrons. The Kier molecular flexibility index (Phi) is 7.50. The molecular weight excluding hydrogens is 374 g/mol. The lowest BCUT2D eigenvalue weighted by atomic mass is 9.88. The van der Waals surface area contributed by atoms with E-state index in [0.29, 0.717) is 24.5 Å². The van der Waals surface area contributed by atoms with Crippen molar-refractivity contribution in [2.24, 2.45) is 0 Å². The zero-order chi connectivity index (χ0) is 21.3. The molecule has 0 saturated carbocycles. The number of benzene rings is 3. The molecule has 0 aliphatic rings. The summed E-state index contributed by atoms with van der Waals surface area (Å²) in [5, 5.41) is 3.05. The first-order chi connectivity index (χ1) is 14.6.